The summed E-state index contributed by atoms with van der Waals surface area (Å²) < 4.78 is 11.3. The molecular weight excluding hydrogens is 388 g/mol. The molecule has 0 unspecified atom stereocenters. The van der Waals surface area contributed by atoms with Crippen molar-refractivity contribution in [1.82, 2.24) is 9.88 Å². The van der Waals surface area contributed by atoms with E-state index in [9.17, 15) is 20.2 Å². The van der Waals surface area contributed by atoms with Crippen molar-refractivity contribution >= 4 is 17.7 Å². The zero-order valence-corrected chi connectivity index (χ0v) is 16.4. The predicted octanol–water partition coefficient (Wildman–Crippen LogP) is 3.71. The Bertz CT molecular complexity index is 1010. The molecule has 1 fully saturated rings. The Labute approximate surface area is 173 Å². The second kappa shape index (κ2) is 9.52. The van der Waals surface area contributed by atoms with E-state index in [0.29, 0.717) is 36.8 Å². The highest BCUT2D eigenvalue weighted by Gasteiger charge is 2.21. The van der Waals surface area contributed by atoms with Crippen LogP contribution in [-0.4, -0.2) is 40.4 Å². The van der Waals surface area contributed by atoms with Crippen molar-refractivity contribution in [2.24, 2.45) is 0 Å². The molecule has 1 saturated heterocycles. The third-order valence-electron chi connectivity index (χ3n) is 4.47. The highest BCUT2D eigenvalue weighted by molar-refractivity contribution is 6.01. The number of benzene rings is 1. The highest BCUT2D eigenvalue weighted by Crippen LogP contribution is 2.33. The number of hydrogen-bond donors (Lipinski definition) is 0. The SMILES string of the molecule is CCOc1cc(/C=C(\C#N)C(=O)N2CCCC2)ccc1Oc1ccc([N+](=O)[O-])cn1. The van der Waals surface area contributed by atoms with Crippen LogP contribution in [0.5, 0.6) is 17.4 Å². The lowest BCUT2D eigenvalue weighted by Gasteiger charge is -2.14. The van der Waals surface area contributed by atoms with Crippen molar-refractivity contribution in [3.63, 3.8) is 0 Å². The number of carbonyl (C=O) groups is 1. The average Bonchev–Trinajstić information content (AvgIpc) is 3.29. The van der Waals surface area contributed by atoms with Crippen LogP contribution in [0, 0.1) is 21.4 Å². The van der Waals surface area contributed by atoms with Crippen LogP contribution in [0.2, 0.25) is 0 Å². The van der Waals surface area contributed by atoms with Crippen molar-refractivity contribution < 1.29 is 19.2 Å². The Morgan fingerprint density at radius 1 is 1.30 bits per heavy atom. The van der Waals surface area contributed by atoms with Crippen molar-refractivity contribution in [3.8, 4) is 23.4 Å². The topological polar surface area (TPSA) is 119 Å². The molecule has 1 aliphatic heterocycles. The van der Waals surface area contributed by atoms with E-state index in [1.54, 1.807) is 23.1 Å². The van der Waals surface area contributed by atoms with Crippen LogP contribution in [-0.2, 0) is 4.79 Å². The van der Waals surface area contributed by atoms with Gasteiger partial charge in [0.15, 0.2) is 11.5 Å². The van der Waals surface area contributed by atoms with E-state index in [0.717, 1.165) is 19.0 Å². The normalized spacial score (nSPS) is 13.6. The monoisotopic (exact) mass is 408 g/mol. The van der Waals surface area contributed by atoms with Gasteiger partial charge in [-0.3, -0.25) is 14.9 Å². The van der Waals surface area contributed by atoms with E-state index >= 15 is 0 Å². The summed E-state index contributed by atoms with van der Waals surface area (Å²) in [5.41, 5.74) is 0.538. The summed E-state index contributed by atoms with van der Waals surface area (Å²) in [5, 5.41) is 20.2. The Hall–Kier alpha value is -3.93. The van der Waals surface area contributed by atoms with Crippen molar-refractivity contribution in [2.45, 2.75) is 19.8 Å². The maximum atomic E-state index is 12.5. The van der Waals surface area contributed by atoms with Crippen LogP contribution in [0.25, 0.3) is 6.08 Å². The van der Waals surface area contributed by atoms with Gasteiger partial charge in [-0.25, -0.2) is 4.98 Å². The van der Waals surface area contributed by atoms with Gasteiger partial charge < -0.3 is 14.4 Å². The zero-order chi connectivity index (χ0) is 21.5. The molecule has 0 radical (unpaired) electrons. The molecule has 1 aromatic heterocycles. The van der Waals surface area contributed by atoms with E-state index in [-0.39, 0.29) is 23.0 Å². The first kappa shape index (κ1) is 20.8. The van der Waals surface area contributed by atoms with Crippen LogP contribution in [0.4, 0.5) is 5.69 Å². The van der Waals surface area contributed by atoms with Crippen LogP contribution in [0.15, 0.2) is 42.1 Å². The van der Waals surface area contributed by atoms with Crippen LogP contribution in [0.1, 0.15) is 25.3 Å². The second-order valence-corrected chi connectivity index (χ2v) is 6.52. The fourth-order valence-corrected chi connectivity index (χ4v) is 3.02. The maximum Gasteiger partial charge on any atom is 0.287 e. The molecule has 1 aliphatic rings. The smallest absolute Gasteiger partial charge is 0.287 e. The minimum Gasteiger partial charge on any atom is -0.490 e. The summed E-state index contributed by atoms with van der Waals surface area (Å²) in [6.07, 6.45) is 4.52. The number of hydrogen-bond acceptors (Lipinski definition) is 7. The van der Waals surface area contributed by atoms with Gasteiger partial charge in [-0.15, -0.1) is 0 Å². The fraction of sp³-hybridized carbons (Fsp3) is 0.286. The molecule has 0 atom stereocenters. The van der Waals surface area contributed by atoms with Crippen LogP contribution >= 0.6 is 0 Å². The largest absolute Gasteiger partial charge is 0.490 e. The number of likely N-dealkylation sites (tertiary alicyclic amines) is 1. The van der Waals surface area contributed by atoms with Crippen molar-refractivity contribution in [3.05, 3.63) is 57.8 Å². The zero-order valence-electron chi connectivity index (χ0n) is 16.4. The number of nitriles is 1. The molecule has 2 aromatic rings. The van der Waals surface area contributed by atoms with Gasteiger partial charge >= 0.3 is 0 Å². The third kappa shape index (κ3) is 4.91. The van der Waals surface area contributed by atoms with Gasteiger partial charge in [0, 0.05) is 25.2 Å². The maximum absolute atomic E-state index is 12.5. The van der Waals surface area contributed by atoms with Gasteiger partial charge in [0.2, 0.25) is 5.88 Å². The van der Waals surface area contributed by atoms with E-state index in [1.807, 2.05) is 13.0 Å². The molecular formula is C21H20N4O5. The Morgan fingerprint density at radius 2 is 2.07 bits per heavy atom. The number of ether oxygens (including phenoxy) is 2. The summed E-state index contributed by atoms with van der Waals surface area (Å²) in [6, 6.07) is 9.66. The van der Waals surface area contributed by atoms with Gasteiger partial charge in [-0.2, -0.15) is 5.26 Å². The minimum absolute atomic E-state index is 0.0602. The lowest BCUT2D eigenvalue weighted by Crippen LogP contribution is -2.28. The third-order valence-corrected chi connectivity index (χ3v) is 4.47. The lowest BCUT2D eigenvalue weighted by molar-refractivity contribution is -0.385. The molecule has 0 aliphatic carbocycles. The van der Waals surface area contributed by atoms with E-state index in [1.165, 1.54) is 18.2 Å². The van der Waals surface area contributed by atoms with Gasteiger partial charge in [0.05, 0.1) is 11.5 Å². The summed E-state index contributed by atoms with van der Waals surface area (Å²) >= 11 is 0. The first-order chi connectivity index (χ1) is 14.5. The van der Waals surface area contributed by atoms with E-state index < -0.39 is 4.92 Å². The quantitative estimate of drug-likeness (QED) is 0.296. The number of nitro groups is 1. The van der Waals surface area contributed by atoms with Gasteiger partial charge in [0.1, 0.15) is 17.8 Å². The minimum atomic E-state index is -0.542. The van der Waals surface area contributed by atoms with Crippen molar-refractivity contribution in [1.29, 1.82) is 5.26 Å². The van der Waals surface area contributed by atoms with Gasteiger partial charge in [-0.1, -0.05) is 6.07 Å². The number of pyridine rings is 1. The molecule has 1 amide bonds. The number of amides is 1. The fourth-order valence-electron chi connectivity index (χ4n) is 3.02. The van der Waals surface area contributed by atoms with Crippen LogP contribution < -0.4 is 9.47 Å². The van der Waals surface area contributed by atoms with E-state index in [2.05, 4.69) is 4.98 Å². The second-order valence-electron chi connectivity index (χ2n) is 6.52. The first-order valence-electron chi connectivity index (χ1n) is 9.48. The standard InChI is InChI=1S/C21H20N4O5/c1-2-29-19-12-15(11-16(13-22)21(26)24-9-3-4-10-24)5-7-18(19)30-20-8-6-17(14-23-20)25(27)28/h5-8,11-12,14H,2-4,9-10H2,1H3/b16-11+. The average molecular weight is 408 g/mol. The molecule has 0 saturated carbocycles. The molecule has 3 rings (SSSR count). The number of carbonyl (C=O) groups excluding carboxylic acids is 1. The van der Waals surface area contributed by atoms with Gasteiger partial charge in [0.25, 0.3) is 11.6 Å². The molecule has 9 nitrogen and oxygen atoms in total. The number of nitrogens with zero attached hydrogens (tertiary/aromatic N) is 4. The molecule has 1 aromatic carbocycles. The Morgan fingerprint density at radius 3 is 2.67 bits per heavy atom. The number of aromatic nitrogens is 1. The summed E-state index contributed by atoms with van der Waals surface area (Å²) in [6.45, 7) is 3.51. The lowest BCUT2D eigenvalue weighted by atomic mass is 10.1. The predicted molar refractivity (Wildman–Crippen MR) is 108 cm³/mol. The summed E-state index contributed by atoms with van der Waals surface area (Å²) in [4.78, 5) is 28.3. The molecule has 0 N–H and O–H groups in total. The summed E-state index contributed by atoms with van der Waals surface area (Å²) in [7, 11) is 0. The highest BCUT2D eigenvalue weighted by atomic mass is 16.6. The molecule has 2 heterocycles. The summed E-state index contributed by atoms with van der Waals surface area (Å²) in [5.74, 6) is 0.659. The molecule has 154 valence electrons. The first-order valence-corrected chi connectivity index (χ1v) is 9.48. The van der Waals surface area contributed by atoms with Gasteiger partial charge in [-0.05, 0) is 43.5 Å². The molecule has 30 heavy (non-hydrogen) atoms. The van der Waals surface area contributed by atoms with E-state index in [4.69, 9.17) is 9.47 Å². The Balaban J connectivity index is 1.84. The van der Waals surface area contributed by atoms with Crippen molar-refractivity contribution in [2.75, 3.05) is 19.7 Å². The molecule has 0 bridgehead atoms. The molecule has 9 heteroatoms. The molecule has 0 spiro atoms. The van der Waals surface area contributed by atoms with Crippen LogP contribution in [0.3, 0.4) is 0 Å². The Kier molecular flexibility index (Phi) is 6.60. The number of rotatable bonds is 7.